The highest BCUT2D eigenvalue weighted by molar-refractivity contribution is 7.54. The van der Waals surface area contributed by atoms with Gasteiger partial charge in [-0.1, -0.05) is 30.3 Å². The van der Waals surface area contributed by atoms with E-state index < -0.39 is 19.5 Å². The molecule has 2 rings (SSSR count). The number of carbonyl (C=O) groups excluding carboxylic acids is 1. The quantitative estimate of drug-likeness (QED) is 0.491. The lowest BCUT2D eigenvalue weighted by atomic mass is 10.2. The summed E-state index contributed by atoms with van der Waals surface area (Å²) >= 11 is 0. The summed E-state index contributed by atoms with van der Waals surface area (Å²) in [6.07, 6.45) is 2.19. The van der Waals surface area contributed by atoms with Gasteiger partial charge in [0, 0.05) is 13.0 Å². The first-order valence-corrected chi connectivity index (χ1v) is 11.8. The lowest BCUT2D eigenvalue weighted by Crippen LogP contribution is -2.37. The Hall–Kier alpha value is -1.44. The number of hydrogen-bond acceptors (Lipinski definition) is 7. The Morgan fingerprint density at radius 1 is 1.21 bits per heavy atom. The summed E-state index contributed by atoms with van der Waals surface area (Å²) in [7, 11) is -3.58. The van der Waals surface area contributed by atoms with Crippen LogP contribution in [0.25, 0.3) is 0 Å². The molecule has 1 aliphatic rings. The van der Waals surface area contributed by atoms with E-state index in [-0.39, 0.29) is 39.1 Å². The van der Waals surface area contributed by atoms with Crippen molar-refractivity contribution >= 4 is 13.7 Å². The van der Waals surface area contributed by atoms with E-state index in [1.165, 1.54) is 0 Å². The highest BCUT2D eigenvalue weighted by Gasteiger charge is 2.37. The molecule has 1 aromatic carbocycles. The molecule has 0 saturated carbocycles. The van der Waals surface area contributed by atoms with Crippen molar-refractivity contribution in [3.63, 3.8) is 0 Å². The first-order chi connectivity index (χ1) is 14.1. The Kier molecular flexibility index (Phi) is 10.7. The van der Waals surface area contributed by atoms with Crippen molar-refractivity contribution in [1.29, 1.82) is 0 Å². The summed E-state index contributed by atoms with van der Waals surface area (Å²) in [5.41, 5.74) is 0.856. The number of hydrogen-bond donors (Lipinski definition) is 1. The average Bonchev–Trinajstić information content (AvgIpc) is 2.73. The molecule has 2 atom stereocenters. The first kappa shape index (κ1) is 23.8. The second-order valence-electron chi connectivity index (χ2n) is 6.55. The van der Waals surface area contributed by atoms with E-state index in [4.69, 9.17) is 23.3 Å². The minimum absolute atomic E-state index is 0.110. The zero-order valence-electron chi connectivity index (χ0n) is 17.2. The van der Waals surface area contributed by atoms with Crippen LogP contribution in [0.4, 0.5) is 4.79 Å². The second-order valence-corrected chi connectivity index (χ2v) is 8.77. The fourth-order valence-corrected chi connectivity index (χ4v) is 4.78. The van der Waals surface area contributed by atoms with E-state index in [2.05, 4.69) is 5.32 Å². The summed E-state index contributed by atoms with van der Waals surface area (Å²) in [6, 6.07) is 9.32. The molecule has 9 heteroatoms. The Balaban J connectivity index is 1.94. The molecule has 1 aromatic rings. The van der Waals surface area contributed by atoms with Gasteiger partial charge in [-0.05, 0) is 38.7 Å². The van der Waals surface area contributed by atoms with Crippen molar-refractivity contribution in [3.05, 3.63) is 35.9 Å². The molecule has 1 saturated heterocycles. The lowest BCUT2D eigenvalue weighted by Gasteiger charge is -2.28. The molecule has 1 amide bonds. The van der Waals surface area contributed by atoms with E-state index in [0.29, 0.717) is 6.61 Å². The van der Waals surface area contributed by atoms with Gasteiger partial charge in [-0.15, -0.1) is 0 Å². The van der Waals surface area contributed by atoms with Gasteiger partial charge in [-0.2, -0.15) is 0 Å². The minimum Gasteiger partial charge on any atom is -0.445 e. The fourth-order valence-electron chi connectivity index (χ4n) is 2.94. The Bertz CT molecular complexity index is 627. The van der Waals surface area contributed by atoms with Crippen molar-refractivity contribution in [2.24, 2.45) is 0 Å². The van der Waals surface area contributed by atoms with Gasteiger partial charge in [0.1, 0.15) is 12.4 Å². The first-order valence-electron chi connectivity index (χ1n) is 10.2. The summed E-state index contributed by atoms with van der Waals surface area (Å²) in [4.78, 5) is 12.3. The van der Waals surface area contributed by atoms with Crippen molar-refractivity contribution in [3.8, 4) is 0 Å². The molecule has 1 unspecified atom stereocenters. The third kappa shape index (κ3) is 8.44. The summed E-state index contributed by atoms with van der Waals surface area (Å²) in [6.45, 7) is 4.88. The zero-order valence-corrected chi connectivity index (χ0v) is 18.1. The molecule has 29 heavy (non-hydrogen) atoms. The summed E-state index contributed by atoms with van der Waals surface area (Å²) < 4.78 is 40.6. The zero-order chi connectivity index (χ0) is 21.0. The largest absolute Gasteiger partial charge is 0.445 e. The van der Waals surface area contributed by atoms with Crippen LogP contribution < -0.4 is 5.32 Å². The van der Waals surface area contributed by atoms with Gasteiger partial charge in [0.15, 0.2) is 6.29 Å². The number of rotatable bonds is 12. The molecule has 1 aliphatic heterocycles. The molecule has 0 spiro atoms. The van der Waals surface area contributed by atoms with Gasteiger partial charge in [0.2, 0.25) is 0 Å². The van der Waals surface area contributed by atoms with Crippen LogP contribution >= 0.6 is 7.60 Å². The number of alkyl carbamates (subject to hydrolysis) is 1. The van der Waals surface area contributed by atoms with E-state index in [0.717, 1.165) is 24.8 Å². The predicted molar refractivity (Wildman–Crippen MR) is 109 cm³/mol. The van der Waals surface area contributed by atoms with Crippen molar-refractivity contribution in [1.82, 2.24) is 5.32 Å². The van der Waals surface area contributed by atoms with Crippen molar-refractivity contribution in [2.45, 2.75) is 58.2 Å². The maximum atomic E-state index is 13.2. The number of nitrogens with one attached hydrogen (secondary N) is 1. The molecule has 8 nitrogen and oxygen atoms in total. The van der Waals surface area contributed by atoms with E-state index in [9.17, 15) is 9.36 Å². The number of carbonyl (C=O) groups is 1. The minimum atomic E-state index is -3.58. The highest BCUT2D eigenvalue weighted by atomic mass is 31.2. The Morgan fingerprint density at radius 2 is 1.93 bits per heavy atom. The van der Waals surface area contributed by atoms with Crippen LogP contribution in [0.1, 0.15) is 45.1 Å². The van der Waals surface area contributed by atoms with Gasteiger partial charge in [0.25, 0.3) is 0 Å². The van der Waals surface area contributed by atoms with Crippen LogP contribution in [0.2, 0.25) is 0 Å². The third-order valence-electron chi connectivity index (χ3n) is 4.33. The SMILES string of the molecule is CCOP(=O)(OCC)[C@@H](CCOC1CCCCO1)NC(=O)OCc1ccccc1. The molecule has 1 heterocycles. The molecular formula is C20H32NO7P. The monoisotopic (exact) mass is 429 g/mol. The van der Waals surface area contributed by atoms with Gasteiger partial charge in [-0.25, -0.2) is 4.79 Å². The number of ether oxygens (including phenoxy) is 3. The Labute approximate surface area is 172 Å². The maximum Gasteiger partial charge on any atom is 0.408 e. The molecule has 0 aromatic heterocycles. The van der Waals surface area contributed by atoms with E-state index in [1.807, 2.05) is 30.3 Å². The van der Waals surface area contributed by atoms with Crippen LogP contribution in [0.3, 0.4) is 0 Å². The topological polar surface area (TPSA) is 92.3 Å². The highest BCUT2D eigenvalue weighted by Crippen LogP contribution is 2.53. The van der Waals surface area contributed by atoms with Gasteiger partial charge in [-0.3, -0.25) is 4.57 Å². The number of amides is 1. The van der Waals surface area contributed by atoms with Gasteiger partial charge >= 0.3 is 13.7 Å². The molecule has 0 radical (unpaired) electrons. The van der Waals surface area contributed by atoms with E-state index >= 15 is 0 Å². The lowest BCUT2D eigenvalue weighted by molar-refractivity contribution is -0.162. The molecule has 0 aliphatic carbocycles. The normalized spacial score (nSPS) is 18.2. The molecular weight excluding hydrogens is 397 g/mol. The van der Waals surface area contributed by atoms with Crippen molar-refractivity contribution < 1.29 is 32.6 Å². The molecule has 1 fully saturated rings. The summed E-state index contributed by atoms with van der Waals surface area (Å²) in [5.74, 6) is -0.880. The van der Waals surface area contributed by atoms with Crippen molar-refractivity contribution in [2.75, 3.05) is 26.4 Å². The van der Waals surface area contributed by atoms with Crippen LogP contribution in [-0.4, -0.2) is 44.6 Å². The van der Waals surface area contributed by atoms with Crippen LogP contribution in [0.15, 0.2) is 30.3 Å². The molecule has 1 N–H and O–H groups in total. The Morgan fingerprint density at radius 3 is 2.55 bits per heavy atom. The fraction of sp³-hybridized carbons (Fsp3) is 0.650. The molecule has 0 bridgehead atoms. The smallest absolute Gasteiger partial charge is 0.408 e. The van der Waals surface area contributed by atoms with Crippen LogP contribution in [0.5, 0.6) is 0 Å². The standard InChI is InChI=1S/C20H32NO7P/c1-3-27-29(23,28-4-2)18(13-15-25-19-12-8-9-14-24-19)21-20(22)26-16-17-10-6-5-7-11-17/h5-7,10-11,18-19H,3-4,8-9,12-16H2,1-2H3,(H,21,22)/t18-,19?/m0/s1. The average molecular weight is 429 g/mol. The van der Waals surface area contributed by atoms with Crippen LogP contribution in [0, 0.1) is 0 Å². The van der Waals surface area contributed by atoms with E-state index in [1.54, 1.807) is 13.8 Å². The second kappa shape index (κ2) is 13.0. The van der Waals surface area contributed by atoms with Gasteiger partial charge < -0.3 is 28.6 Å². The third-order valence-corrected chi connectivity index (χ3v) is 6.72. The maximum absolute atomic E-state index is 13.2. The molecule has 164 valence electrons. The van der Waals surface area contributed by atoms with Gasteiger partial charge in [0.05, 0.1) is 19.8 Å². The predicted octanol–water partition coefficient (Wildman–Crippen LogP) is 4.44. The summed E-state index contributed by atoms with van der Waals surface area (Å²) in [5, 5.41) is 2.64. The number of benzene rings is 1. The van der Waals surface area contributed by atoms with Crippen LogP contribution in [-0.2, 0) is 34.4 Å².